The average molecular weight is 383 g/mol. The van der Waals surface area contributed by atoms with Crippen LogP contribution in [0.15, 0.2) is 55.0 Å². The van der Waals surface area contributed by atoms with Crippen LogP contribution in [0.2, 0.25) is 0 Å². The summed E-state index contributed by atoms with van der Waals surface area (Å²) in [6.45, 7) is 3.22. The van der Waals surface area contributed by atoms with Gasteiger partial charge in [-0.3, -0.25) is 14.8 Å². The minimum absolute atomic E-state index is 0.0366. The molecule has 0 saturated carbocycles. The first-order valence-corrected chi connectivity index (χ1v) is 9.71. The third-order valence-electron chi connectivity index (χ3n) is 5.60. The molecular formula is C23H21N5O. The molecule has 29 heavy (non-hydrogen) atoms. The predicted molar refractivity (Wildman–Crippen MR) is 111 cm³/mol. The molecule has 6 nitrogen and oxygen atoms in total. The Labute approximate surface area is 168 Å². The largest absolute Gasteiger partial charge is 0.332 e. The fourth-order valence-corrected chi connectivity index (χ4v) is 4.05. The molecule has 6 heteroatoms. The van der Waals surface area contributed by atoms with Gasteiger partial charge in [-0.25, -0.2) is 4.98 Å². The molecule has 0 N–H and O–H groups in total. The van der Waals surface area contributed by atoms with Gasteiger partial charge in [-0.2, -0.15) is 0 Å². The maximum atomic E-state index is 13.2. The van der Waals surface area contributed by atoms with Crippen molar-refractivity contribution in [3.8, 4) is 11.1 Å². The Morgan fingerprint density at radius 2 is 1.90 bits per heavy atom. The van der Waals surface area contributed by atoms with Gasteiger partial charge in [0, 0.05) is 38.6 Å². The molecule has 0 unspecified atom stereocenters. The zero-order valence-corrected chi connectivity index (χ0v) is 16.5. The third kappa shape index (κ3) is 2.97. The first-order chi connectivity index (χ1) is 14.1. The second-order valence-electron chi connectivity index (χ2n) is 7.47. The van der Waals surface area contributed by atoms with Gasteiger partial charge < -0.3 is 9.47 Å². The summed E-state index contributed by atoms with van der Waals surface area (Å²) in [5, 5.41) is 0. The Bertz CT molecular complexity index is 1230. The van der Waals surface area contributed by atoms with E-state index in [0.29, 0.717) is 25.1 Å². The number of carbonyl (C=O) groups excluding carboxylic acids is 1. The number of hydrogen-bond acceptors (Lipinski definition) is 4. The van der Waals surface area contributed by atoms with Crippen LogP contribution in [0.3, 0.4) is 0 Å². The molecule has 0 bridgehead atoms. The van der Waals surface area contributed by atoms with Crippen molar-refractivity contribution in [1.82, 2.24) is 24.4 Å². The summed E-state index contributed by atoms with van der Waals surface area (Å²) in [6.07, 6.45) is 5.97. The minimum atomic E-state index is 0.0366. The van der Waals surface area contributed by atoms with Crippen molar-refractivity contribution >= 4 is 16.9 Å². The number of aromatic nitrogens is 4. The molecule has 0 fully saturated rings. The standard InChI is InChI=1S/C23H21N5O/c1-15-3-4-20-18(13-15)26-21(27(20)2)8-12-28-14-19-22(23(28)29)17(7-11-25-19)16-5-9-24-10-6-16/h3-7,9-11,13H,8,12,14H2,1-2H3. The van der Waals surface area contributed by atoms with Gasteiger partial charge in [0.1, 0.15) is 5.82 Å². The van der Waals surface area contributed by atoms with E-state index in [1.54, 1.807) is 18.6 Å². The van der Waals surface area contributed by atoms with E-state index in [9.17, 15) is 4.79 Å². The van der Waals surface area contributed by atoms with Crippen molar-refractivity contribution in [3.05, 3.63) is 77.6 Å². The van der Waals surface area contributed by atoms with Crippen LogP contribution in [0.1, 0.15) is 27.4 Å². The van der Waals surface area contributed by atoms with Crippen molar-refractivity contribution in [2.75, 3.05) is 6.54 Å². The highest BCUT2D eigenvalue weighted by Gasteiger charge is 2.31. The minimum Gasteiger partial charge on any atom is -0.332 e. The van der Waals surface area contributed by atoms with E-state index in [1.165, 1.54) is 5.56 Å². The molecule has 0 aliphatic carbocycles. The zero-order chi connectivity index (χ0) is 20.0. The van der Waals surface area contributed by atoms with Crippen LogP contribution in [0.5, 0.6) is 0 Å². The van der Waals surface area contributed by atoms with Gasteiger partial charge in [0.05, 0.1) is 28.8 Å². The number of aryl methyl sites for hydroxylation is 2. The summed E-state index contributed by atoms with van der Waals surface area (Å²) in [4.78, 5) is 28.3. The Kier molecular flexibility index (Phi) is 4.12. The van der Waals surface area contributed by atoms with E-state index in [0.717, 1.165) is 33.7 Å². The SMILES string of the molecule is Cc1ccc2c(c1)nc(CCN1Cc3nccc(-c4ccncc4)c3C1=O)n2C. The van der Waals surface area contributed by atoms with Crippen LogP contribution in [0, 0.1) is 6.92 Å². The highest BCUT2D eigenvalue weighted by Crippen LogP contribution is 2.31. The second-order valence-corrected chi connectivity index (χ2v) is 7.47. The van der Waals surface area contributed by atoms with Gasteiger partial charge in [-0.1, -0.05) is 6.07 Å². The molecule has 1 aliphatic rings. The summed E-state index contributed by atoms with van der Waals surface area (Å²) in [5.41, 5.74) is 6.76. The van der Waals surface area contributed by atoms with E-state index in [2.05, 4.69) is 39.7 Å². The summed E-state index contributed by atoms with van der Waals surface area (Å²) in [6, 6.07) is 12.0. The lowest BCUT2D eigenvalue weighted by Crippen LogP contribution is -2.27. The number of carbonyl (C=O) groups is 1. The average Bonchev–Trinajstić information content (AvgIpc) is 3.23. The smallest absolute Gasteiger partial charge is 0.256 e. The molecule has 4 aromatic rings. The summed E-state index contributed by atoms with van der Waals surface area (Å²) in [7, 11) is 2.03. The number of imidazole rings is 1. The molecular weight excluding hydrogens is 362 g/mol. The van der Waals surface area contributed by atoms with Crippen LogP contribution in [-0.4, -0.2) is 36.9 Å². The van der Waals surface area contributed by atoms with Crippen LogP contribution < -0.4 is 0 Å². The molecule has 0 radical (unpaired) electrons. The van der Waals surface area contributed by atoms with Gasteiger partial charge in [0.2, 0.25) is 0 Å². The van der Waals surface area contributed by atoms with Gasteiger partial charge in [0.25, 0.3) is 5.91 Å². The lowest BCUT2D eigenvalue weighted by Gasteiger charge is -2.15. The molecule has 144 valence electrons. The number of rotatable bonds is 4. The van der Waals surface area contributed by atoms with E-state index in [4.69, 9.17) is 4.98 Å². The first-order valence-electron chi connectivity index (χ1n) is 9.71. The molecule has 0 saturated heterocycles. The molecule has 5 rings (SSSR count). The highest BCUT2D eigenvalue weighted by atomic mass is 16.2. The van der Waals surface area contributed by atoms with Crippen molar-refractivity contribution < 1.29 is 4.79 Å². The Morgan fingerprint density at radius 3 is 2.72 bits per heavy atom. The van der Waals surface area contributed by atoms with Crippen LogP contribution in [0.4, 0.5) is 0 Å². The summed E-state index contributed by atoms with van der Waals surface area (Å²) < 4.78 is 2.11. The Morgan fingerprint density at radius 1 is 1.07 bits per heavy atom. The Hall–Kier alpha value is -3.54. The molecule has 1 aliphatic heterocycles. The Balaban J connectivity index is 1.40. The van der Waals surface area contributed by atoms with E-state index in [-0.39, 0.29) is 5.91 Å². The first kappa shape index (κ1) is 17.6. The summed E-state index contributed by atoms with van der Waals surface area (Å²) in [5.74, 6) is 1.02. The molecule has 4 heterocycles. The fraction of sp³-hybridized carbons (Fsp3) is 0.217. The summed E-state index contributed by atoms with van der Waals surface area (Å²) >= 11 is 0. The quantitative estimate of drug-likeness (QED) is 0.541. The van der Waals surface area contributed by atoms with Crippen molar-refractivity contribution in [2.45, 2.75) is 19.9 Å². The highest BCUT2D eigenvalue weighted by molar-refractivity contribution is 6.04. The molecule has 1 amide bonds. The monoisotopic (exact) mass is 383 g/mol. The van der Waals surface area contributed by atoms with E-state index < -0.39 is 0 Å². The number of pyridine rings is 2. The van der Waals surface area contributed by atoms with Crippen LogP contribution >= 0.6 is 0 Å². The normalized spacial score (nSPS) is 13.3. The van der Waals surface area contributed by atoms with Gasteiger partial charge in [-0.15, -0.1) is 0 Å². The predicted octanol–water partition coefficient (Wildman–Crippen LogP) is 3.54. The number of amides is 1. The second kappa shape index (κ2) is 6.81. The molecule has 0 spiro atoms. The van der Waals surface area contributed by atoms with Crippen LogP contribution in [0.25, 0.3) is 22.2 Å². The van der Waals surface area contributed by atoms with Crippen LogP contribution in [-0.2, 0) is 20.0 Å². The third-order valence-corrected chi connectivity index (χ3v) is 5.60. The van der Waals surface area contributed by atoms with Crippen molar-refractivity contribution in [3.63, 3.8) is 0 Å². The maximum absolute atomic E-state index is 13.2. The molecule has 3 aromatic heterocycles. The van der Waals surface area contributed by atoms with Crippen molar-refractivity contribution in [2.24, 2.45) is 7.05 Å². The van der Waals surface area contributed by atoms with Crippen molar-refractivity contribution in [1.29, 1.82) is 0 Å². The van der Waals surface area contributed by atoms with Gasteiger partial charge >= 0.3 is 0 Å². The number of benzene rings is 1. The molecule has 0 atom stereocenters. The van der Waals surface area contributed by atoms with E-state index in [1.807, 2.05) is 30.1 Å². The molecule has 1 aromatic carbocycles. The number of fused-ring (bicyclic) bond motifs is 2. The topological polar surface area (TPSA) is 63.9 Å². The maximum Gasteiger partial charge on any atom is 0.256 e. The lowest BCUT2D eigenvalue weighted by atomic mass is 10.0. The fourth-order valence-electron chi connectivity index (χ4n) is 4.05. The number of hydrogen-bond donors (Lipinski definition) is 0. The van der Waals surface area contributed by atoms with Gasteiger partial charge in [-0.05, 0) is 53.9 Å². The zero-order valence-electron chi connectivity index (χ0n) is 16.5. The lowest BCUT2D eigenvalue weighted by molar-refractivity contribution is 0.0779. The van der Waals surface area contributed by atoms with Gasteiger partial charge in [0.15, 0.2) is 0 Å². The number of nitrogens with zero attached hydrogens (tertiary/aromatic N) is 5. The van der Waals surface area contributed by atoms with E-state index >= 15 is 0 Å².